The van der Waals surface area contributed by atoms with Crippen LogP contribution in [-0.2, 0) is 19.1 Å². The molecule has 134 valence electrons. The SMILES string of the molecule is C=CCOC(C)C(=O)OCC(=O)N(CCC#N)c1cc(C)ccc1C. The van der Waals surface area contributed by atoms with Crippen LogP contribution < -0.4 is 4.90 Å². The summed E-state index contributed by atoms with van der Waals surface area (Å²) in [5.41, 5.74) is 2.62. The van der Waals surface area contributed by atoms with Gasteiger partial charge in [-0.2, -0.15) is 5.26 Å². The number of nitriles is 1. The van der Waals surface area contributed by atoms with E-state index in [4.69, 9.17) is 14.7 Å². The van der Waals surface area contributed by atoms with E-state index in [1.807, 2.05) is 38.1 Å². The lowest BCUT2D eigenvalue weighted by molar-refractivity contribution is -0.157. The molecule has 0 spiro atoms. The van der Waals surface area contributed by atoms with Gasteiger partial charge in [-0.05, 0) is 38.0 Å². The predicted molar refractivity (Wildman–Crippen MR) is 95.1 cm³/mol. The summed E-state index contributed by atoms with van der Waals surface area (Å²) in [5, 5.41) is 8.84. The van der Waals surface area contributed by atoms with Crippen molar-refractivity contribution in [3.05, 3.63) is 42.0 Å². The smallest absolute Gasteiger partial charge is 0.335 e. The summed E-state index contributed by atoms with van der Waals surface area (Å²) in [6.45, 7) is 8.92. The summed E-state index contributed by atoms with van der Waals surface area (Å²) >= 11 is 0. The number of hydrogen-bond donors (Lipinski definition) is 0. The molecule has 0 aliphatic rings. The van der Waals surface area contributed by atoms with Gasteiger partial charge in [-0.15, -0.1) is 6.58 Å². The lowest BCUT2D eigenvalue weighted by atomic mass is 10.1. The third kappa shape index (κ3) is 6.40. The van der Waals surface area contributed by atoms with Crippen LogP contribution >= 0.6 is 0 Å². The summed E-state index contributed by atoms with van der Waals surface area (Å²) in [6.07, 6.45) is 0.935. The summed E-state index contributed by atoms with van der Waals surface area (Å²) in [6, 6.07) is 7.77. The van der Waals surface area contributed by atoms with Crippen LogP contribution in [0.1, 0.15) is 24.5 Å². The van der Waals surface area contributed by atoms with Crippen molar-refractivity contribution in [3.63, 3.8) is 0 Å². The second-order valence-corrected chi connectivity index (χ2v) is 5.62. The Balaban J connectivity index is 2.81. The van der Waals surface area contributed by atoms with Crippen molar-refractivity contribution < 1.29 is 19.1 Å². The number of hydrogen-bond acceptors (Lipinski definition) is 5. The molecule has 25 heavy (non-hydrogen) atoms. The van der Waals surface area contributed by atoms with Gasteiger partial charge in [0.2, 0.25) is 0 Å². The minimum Gasteiger partial charge on any atom is -0.454 e. The number of rotatable bonds is 9. The minimum absolute atomic E-state index is 0.186. The van der Waals surface area contributed by atoms with Crippen LogP contribution in [0.2, 0.25) is 0 Å². The Morgan fingerprint density at radius 1 is 1.40 bits per heavy atom. The maximum Gasteiger partial charge on any atom is 0.335 e. The zero-order chi connectivity index (χ0) is 18.8. The number of nitrogens with zero attached hydrogens (tertiary/aromatic N) is 2. The van der Waals surface area contributed by atoms with Gasteiger partial charge in [0.25, 0.3) is 5.91 Å². The first-order valence-corrected chi connectivity index (χ1v) is 8.04. The van der Waals surface area contributed by atoms with Crippen molar-refractivity contribution in [1.29, 1.82) is 5.26 Å². The number of anilines is 1. The minimum atomic E-state index is -0.779. The molecule has 0 fully saturated rings. The molecule has 1 rings (SSSR count). The number of ether oxygens (including phenoxy) is 2. The number of amides is 1. The molecule has 0 radical (unpaired) electrons. The predicted octanol–water partition coefficient (Wildman–Crippen LogP) is 2.68. The van der Waals surface area contributed by atoms with Crippen LogP contribution in [-0.4, -0.2) is 37.7 Å². The van der Waals surface area contributed by atoms with Crippen molar-refractivity contribution in [1.82, 2.24) is 0 Å². The van der Waals surface area contributed by atoms with Crippen LogP contribution in [0.3, 0.4) is 0 Å². The van der Waals surface area contributed by atoms with Gasteiger partial charge in [0.1, 0.15) is 0 Å². The number of carbonyl (C=O) groups excluding carboxylic acids is 2. The summed E-state index contributed by atoms with van der Waals surface area (Å²) in [7, 11) is 0. The maximum atomic E-state index is 12.5. The quantitative estimate of drug-likeness (QED) is 0.508. The zero-order valence-electron chi connectivity index (χ0n) is 14.9. The molecule has 0 aliphatic carbocycles. The zero-order valence-corrected chi connectivity index (χ0v) is 14.9. The molecule has 6 heteroatoms. The van der Waals surface area contributed by atoms with E-state index in [9.17, 15) is 9.59 Å². The lowest BCUT2D eigenvalue weighted by Crippen LogP contribution is -2.37. The van der Waals surface area contributed by atoms with E-state index in [-0.39, 0.29) is 25.5 Å². The molecule has 6 nitrogen and oxygen atoms in total. The highest BCUT2D eigenvalue weighted by atomic mass is 16.6. The molecule has 1 unspecified atom stereocenters. The molecular weight excluding hydrogens is 320 g/mol. The molecular formula is C19H24N2O4. The number of aryl methyl sites for hydroxylation is 2. The van der Waals surface area contributed by atoms with Crippen LogP contribution in [0.15, 0.2) is 30.9 Å². The number of esters is 1. The molecule has 0 bridgehead atoms. The van der Waals surface area contributed by atoms with Crippen LogP contribution in [0.25, 0.3) is 0 Å². The molecule has 1 aromatic rings. The Hall–Kier alpha value is -2.65. The molecule has 0 aliphatic heterocycles. The van der Waals surface area contributed by atoms with Gasteiger partial charge in [-0.25, -0.2) is 4.79 Å². The molecule has 0 saturated heterocycles. The highest BCUT2D eigenvalue weighted by Gasteiger charge is 2.21. The highest BCUT2D eigenvalue weighted by Crippen LogP contribution is 2.22. The second kappa shape index (κ2) is 10.3. The second-order valence-electron chi connectivity index (χ2n) is 5.62. The first-order chi connectivity index (χ1) is 11.9. The Bertz CT molecular complexity index is 664. The Morgan fingerprint density at radius 2 is 2.12 bits per heavy atom. The normalized spacial score (nSPS) is 11.3. The third-order valence-corrected chi connectivity index (χ3v) is 3.54. The van der Waals surface area contributed by atoms with Gasteiger partial charge in [-0.3, -0.25) is 4.79 Å². The van der Waals surface area contributed by atoms with Gasteiger partial charge in [0, 0.05) is 12.2 Å². The molecule has 0 aromatic heterocycles. The Labute approximate surface area is 148 Å². The van der Waals surface area contributed by atoms with E-state index in [0.717, 1.165) is 11.1 Å². The van der Waals surface area contributed by atoms with Crippen molar-refractivity contribution in [2.24, 2.45) is 0 Å². The van der Waals surface area contributed by atoms with Crippen molar-refractivity contribution in [2.75, 3.05) is 24.7 Å². The largest absolute Gasteiger partial charge is 0.454 e. The van der Waals surface area contributed by atoms with E-state index in [1.165, 1.54) is 11.0 Å². The highest BCUT2D eigenvalue weighted by molar-refractivity contribution is 5.96. The first-order valence-electron chi connectivity index (χ1n) is 8.04. The fourth-order valence-corrected chi connectivity index (χ4v) is 2.16. The topological polar surface area (TPSA) is 79.6 Å². The molecule has 1 aromatic carbocycles. The first kappa shape index (κ1) is 20.4. The lowest BCUT2D eigenvalue weighted by Gasteiger charge is -2.24. The van der Waals surface area contributed by atoms with E-state index in [1.54, 1.807) is 6.92 Å². The fraction of sp³-hybridized carbons (Fsp3) is 0.421. The standard InChI is InChI=1S/C19H24N2O4/c1-5-11-24-16(4)19(23)25-13-18(22)21(10-6-9-20)17-12-14(2)7-8-15(17)3/h5,7-8,12,16H,1,6,10-11,13H2,2-4H3. The van der Waals surface area contributed by atoms with Gasteiger partial charge in [-0.1, -0.05) is 18.2 Å². The van der Waals surface area contributed by atoms with Crippen molar-refractivity contribution in [3.8, 4) is 6.07 Å². The fourth-order valence-electron chi connectivity index (χ4n) is 2.16. The monoisotopic (exact) mass is 344 g/mol. The summed E-state index contributed by atoms with van der Waals surface area (Å²) < 4.78 is 10.2. The summed E-state index contributed by atoms with van der Waals surface area (Å²) in [5.74, 6) is -0.996. The Kier molecular flexibility index (Phi) is 8.37. The van der Waals surface area contributed by atoms with E-state index in [0.29, 0.717) is 5.69 Å². The van der Waals surface area contributed by atoms with Crippen LogP contribution in [0.5, 0.6) is 0 Å². The molecule has 1 atom stereocenters. The molecule has 0 heterocycles. The molecule has 0 N–H and O–H groups in total. The number of carbonyl (C=O) groups is 2. The van der Waals surface area contributed by atoms with E-state index >= 15 is 0 Å². The van der Waals surface area contributed by atoms with E-state index < -0.39 is 18.7 Å². The average molecular weight is 344 g/mol. The van der Waals surface area contributed by atoms with Gasteiger partial charge >= 0.3 is 5.97 Å². The van der Waals surface area contributed by atoms with Gasteiger partial charge in [0.15, 0.2) is 12.7 Å². The summed E-state index contributed by atoms with van der Waals surface area (Å²) in [4.78, 5) is 25.9. The van der Waals surface area contributed by atoms with Gasteiger partial charge < -0.3 is 14.4 Å². The van der Waals surface area contributed by atoms with E-state index in [2.05, 4.69) is 6.58 Å². The van der Waals surface area contributed by atoms with Crippen LogP contribution in [0.4, 0.5) is 5.69 Å². The molecule has 0 saturated carbocycles. The maximum absolute atomic E-state index is 12.5. The molecule has 1 amide bonds. The number of benzene rings is 1. The van der Waals surface area contributed by atoms with Crippen molar-refractivity contribution in [2.45, 2.75) is 33.3 Å². The van der Waals surface area contributed by atoms with Gasteiger partial charge in [0.05, 0.1) is 19.1 Å². The Morgan fingerprint density at radius 3 is 2.76 bits per heavy atom. The van der Waals surface area contributed by atoms with Crippen molar-refractivity contribution >= 4 is 17.6 Å². The van der Waals surface area contributed by atoms with Crippen LogP contribution in [0, 0.1) is 25.2 Å². The third-order valence-electron chi connectivity index (χ3n) is 3.54. The average Bonchev–Trinajstić information content (AvgIpc) is 2.60.